The van der Waals surface area contributed by atoms with E-state index in [9.17, 15) is 18.9 Å². The lowest BCUT2D eigenvalue weighted by atomic mass is 10.2. The minimum absolute atomic E-state index is 0.0786. The summed E-state index contributed by atoms with van der Waals surface area (Å²) in [5.41, 5.74) is 0.383. The highest BCUT2D eigenvalue weighted by Crippen LogP contribution is 2.29. The second-order valence-electron chi connectivity index (χ2n) is 3.87. The number of hydrogen-bond donors (Lipinski definition) is 0. The lowest BCUT2D eigenvalue weighted by Crippen LogP contribution is -2.00. The molecule has 0 N–H and O–H groups in total. The van der Waals surface area contributed by atoms with Crippen molar-refractivity contribution in [2.75, 3.05) is 0 Å². The first-order valence-corrected chi connectivity index (χ1v) is 6.28. The van der Waals surface area contributed by atoms with Crippen molar-refractivity contribution in [1.29, 1.82) is 0 Å². The van der Waals surface area contributed by atoms with Crippen molar-refractivity contribution >= 4 is 21.6 Å². The molecule has 0 unspecified atom stereocenters. The molecule has 0 aliphatic carbocycles. The van der Waals surface area contributed by atoms with Gasteiger partial charge in [0.1, 0.15) is 16.9 Å². The average molecular weight is 344 g/mol. The van der Waals surface area contributed by atoms with Gasteiger partial charge in [0.05, 0.1) is 4.92 Å². The van der Waals surface area contributed by atoms with Crippen LogP contribution in [0.3, 0.4) is 0 Å². The monoisotopic (exact) mass is 343 g/mol. The molecule has 7 heteroatoms. The molecule has 0 aliphatic heterocycles. The van der Waals surface area contributed by atoms with Gasteiger partial charge in [0, 0.05) is 17.7 Å². The molecule has 20 heavy (non-hydrogen) atoms. The SMILES string of the molecule is O=[N+]([O-])c1cccc(COc2ccc(F)cc2F)c1Br. The van der Waals surface area contributed by atoms with Crippen LogP contribution in [0, 0.1) is 21.7 Å². The van der Waals surface area contributed by atoms with E-state index >= 15 is 0 Å². The van der Waals surface area contributed by atoms with Crippen molar-refractivity contribution < 1.29 is 18.4 Å². The van der Waals surface area contributed by atoms with Crippen LogP contribution in [0.1, 0.15) is 5.56 Å². The van der Waals surface area contributed by atoms with Crippen molar-refractivity contribution in [3.63, 3.8) is 0 Å². The molecular weight excluding hydrogens is 336 g/mol. The Morgan fingerprint density at radius 1 is 1.25 bits per heavy atom. The highest BCUT2D eigenvalue weighted by molar-refractivity contribution is 9.10. The highest BCUT2D eigenvalue weighted by atomic mass is 79.9. The van der Waals surface area contributed by atoms with Crippen molar-refractivity contribution in [1.82, 2.24) is 0 Å². The molecule has 0 atom stereocenters. The number of nitrogens with zero attached hydrogens (tertiary/aromatic N) is 1. The van der Waals surface area contributed by atoms with Crippen molar-refractivity contribution in [3.8, 4) is 5.75 Å². The van der Waals surface area contributed by atoms with Crippen LogP contribution in [0.2, 0.25) is 0 Å². The fourth-order valence-electron chi connectivity index (χ4n) is 1.57. The molecule has 0 spiro atoms. The predicted molar refractivity (Wildman–Crippen MR) is 71.5 cm³/mol. The van der Waals surface area contributed by atoms with Crippen LogP contribution >= 0.6 is 15.9 Å². The highest BCUT2D eigenvalue weighted by Gasteiger charge is 2.15. The molecule has 2 rings (SSSR count). The Hall–Kier alpha value is -2.02. The third kappa shape index (κ3) is 3.11. The molecule has 0 bridgehead atoms. The van der Waals surface area contributed by atoms with E-state index in [2.05, 4.69) is 15.9 Å². The molecule has 0 amide bonds. The van der Waals surface area contributed by atoms with Gasteiger partial charge in [-0.3, -0.25) is 10.1 Å². The molecule has 2 aromatic rings. The largest absolute Gasteiger partial charge is 0.486 e. The third-order valence-corrected chi connectivity index (χ3v) is 3.45. The predicted octanol–water partition coefficient (Wildman–Crippen LogP) is 4.21. The zero-order valence-corrected chi connectivity index (χ0v) is 11.6. The smallest absolute Gasteiger partial charge is 0.283 e. The van der Waals surface area contributed by atoms with Crippen LogP contribution in [0.15, 0.2) is 40.9 Å². The van der Waals surface area contributed by atoms with Gasteiger partial charge >= 0.3 is 0 Å². The van der Waals surface area contributed by atoms with E-state index in [-0.39, 0.29) is 22.5 Å². The van der Waals surface area contributed by atoms with Gasteiger partial charge in [0.15, 0.2) is 11.6 Å². The second kappa shape index (κ2) is 5.96. The van der Waals surface area contributed by atoms with Gasteiger partial charge in [-0.15, -0.1) is 0 Å². The molecule has 0 saturated heterocycles. The molecule has 4 nitrogen and oxygen atoms in total. The zero-order chi connectivity index (χ0) is 14.7. The number of hydrogen-bond acceptors (Lipinski definition) is 3. The summed E-state index contributed by atoms with van der Waals surface area (Å²) in [6.45, 7) is -0.0786. The quantitative estimate of drug-likeness (QED) is 0.617. The lowest BCUT2D eigenvalue weighted by molar-refractivity contribution is -0.385. The van der Waals surface area contributed by atoms with Gasteiger partial charge in [0.2, 0.25) is 0 Å². The first kappa shape index (κ1) is 14.4. The minimum atomic E-state index is -0.827. The van der Waals surface area contributed by atoms with E-state index in [1.54, 1.807) is 6.07 Å². The summed E-state index contributed by atoms with van der Waals surface area (Å²) in [4.78, 5) is 10.2. The Kier molecular flexibility index (Phi) is 4.29. The van der Waals surface area contributed by atoms with Gasteiger partial charge in [-0.2, -0.15) is 0 Å². The first-order valence-electron chi connectivity index (χ1n) is 5.48. The standard InChI is InChI=1S/C13H8BrF2NO3/c14-13-8(2-1-3-11(13)17(18)19)7-20-12-5-4-9(15)6-10(12)16/h1-6H,7H2. The normalized spacial score (nSPS) is 10.3. The topological polar surface area (TPSA) is 52.4 Å². The van der Waals surface area contributed by atoms with Gasteiger partial charge < -0.3 is 4.74 Å². The van der Waals surface area contributed by atoms with Gasteiger partial charge in [-0.25, -0.2) is 8.78 Å². The van der Waals surface area contributed by atoms with E-state index in [4.69, 9.17) is 4.74 Å². The van der Waals surface area contributed by atoms with E-state index in [1.807, 2.05) is 0 Å². The third-order valence-electron chi connectivity index (χ3n) is 2.53. The molecular formula is C13H8BrF2NO3. The summed E-state index contributed by atoms with van der Waals surface area (Å²) < 4.78 is 31.6. The van der Waals surface area contributed by atoms with Gasteiger partial charge in [-0.05, 0) is 28.1 Å². The Bertz CT molecular complexity index is 664. The molecule has 0 radical (unpaired) electrons. The van der Waals surface area contributed by atoms with E-state index in [1.165, 1.54) is 12.1 Å². The molecule has 0 fully saturated rings. The maximum atomic E-state index is 13.4. The Morgan fingerprint density at radius 3 is 2.65 bits per heavy atom. The van der Waals surface area contributed by atoms with Crippen LogP contribution < -0.4 is 4.74 Å². The summed E-state index contributed by atoms with van der Waals surface area (Å²) in [5.74, 6) is -1.65. The Balaban J connectivity index is 2.19. The molecule has 0 heterocycles. The molecule has 2 aromatic carbocycles. The van der Waals surface area contributed by atoms with E-state index in [0.717, 1.165) is 12.1 Å². The van der Waals surface area contributed by atoms with Crippen molar-refractivity contribution in [3.05, 3.63) is 68.2 Å². The number of benzene rings is 2. The fraction of sp³-hybridized carbons (Fsp3) is 0.0769. The molecule has 0 aliphatic rings. The Labute approximate surface area is 121 Å². The summed E-state index contributed by atoms with van der Waals surface area (Å²) in [6.07, 6.45) is 0. The maximum absolute atomic E-state index is 13.4. The van der Waals surface area contributed by atoms with E-state index in [0.29, 0.717) is 11.6 Å². The molecule has 0 saturated carbocycles. The summed E-state index contributed by atoms with van der Waals surface area (Å²) >= 11 is 3.11. The number of nitro groups is 1. The Morgan fingerprint density at radius 2 is 2.00 bits per heavy atom. The second-order valence-corrected chi connectivity index (χ2v) is 4.66. The number of ether oxygens (including phenoxy) is 1. The number of halogens is 3. The number of nitro benzene ring substituents is 1. The van der Waals surface area contributed by atoms with Crippen LogP contribution in [0.4, 0.5) is 14.5 Å². The first-order chi connectivity index (χ1) is 9.49. The van der Waals surface area contributed by atoms with Crippen LogP contribution in [0.25, 0.3) is 0 Å². The van der Waals surface area contributed by atoms with Crippen LogP contribution in [-0.2, 0) is 6.61 Å². The maximum Gasteiger partial charge on any atom is 0.283 e. The average Bonchev–Trinajstić information content (AvgIpc) is 2.39. The van der Waals surface area contributed by atoms with Crippen LogP contribution in [0.5, 0.6) is 5.75 Å². The summed E-state index contributed by atoms with van der Waals surface area (Å²) in [5, 5.41) is 10.8. The van der Waals surface area contributed by atoms with Crippen molar-refractivity contribution in [2.45, 2.75) is 6.61 Å². The molecule has 0 aromatic heterocycles. The van der Waals surface area contributed by atoms with E-state index < -0.39 is 16.6 Å². The molecule has 104 valence electrons. The van der Waals surface area contributed by atoms with Gasteiger partial charge in [0.25, 0.3) is 5.69 Å². The lowest BCUT2D eigenvalue weighted by Gasteiger charge is -2.09. The van der Waals surface area contributed by atoms with Crippen LogP contribution in [-0.4, -0.2) is 4.92 Å². The van der Waals surface area contributed by atoms with Gasteiger partial charge in [-0.1, -0.05) is 12.1 Å². The fourth-order valence-corrected chi connectivity index (χ4v) is 2.09. The zero-order valence-electron chi connectivity index (χ0n) is 9.98. The summed E-state index contributed by atoms with van der Waals surface area (Å²) in [6, 6.07) is 7.39. The summed E-state index contributed by atoms with van der Waals surface area (Å²) in [7, 11) is 0. The number of rotatable bonds is 4. The minimum Gasteiger partial charge on any atom is -0.486 e. The van der Waals surface area contributed by atoms with Crippen molar-refractivity contribution in [2.24, 2.45) is 0 Å².